The normalized spacial score (nSPS) is 11.2. The molecule has 4 aromatic rings. The van der Waals surface area contributed by atoms with Crippen LogP contribution in [0.3, 0.4) is 0 Å². The van der Waals surface area contributed by atoms with Crippen LogP contribution in [0.1, 0.15) is 25.3 Å². The van der Waals surface area contributed by atoms with Crippen LogP contribution in [-0.2, 0) is 0 Å². The minimum absolute atomic E-state index is 0.0100. The first-order valence-corrected chi connectivity index (χ1v) is 10.6. The summed E-state index contributed by atoms with van der Waals surface area (Å²) in [5, 5.41) is 17.3. The summed E-state index contributed by atoms with van der Waals surface area (Å²) >= 11 is 5.00. The molecular weight excluding hydrogens is 452 g/mol. The average molecular weight is 469 g/mol. The number of nitrogens with zero attached hydrogens (tertiary/aromatic N) is 3. The largest absolute Gasteiger partial charge is 0.338 e. The molecule has 6 nitrogen and oxygen atoms in total. The molecule has 2 aromatic heterocycles. The molecule has 1 N–H and O–H groups in total. The Balaban J connectivity index is 1.80. The molecule has 0 fully saturated rings. The van der Waals surface area contributed by atoms with E-state index in [2.05, 4.69) is 74.7 Å². The molecule has 29 heavy (non-hydrogen) atoms. The van der Waals surface area contributed by atoms with Crippen molar-refractivity contribution in [3.8, 4) is 11.1 Å². The van der Waals surface area contributed by atoms with Crippen LogP contribution in [-0.4, -0.2) is 14.9 Å². The van der Waals surface area contributed by atoms with Gasteiger partial charge in [-0.3, -0.25) is 10.1 Å². The molecule has 2 aromatic carbocycles. The fourth-order valence-corrected chi connectivity index (χ4v) is 4.34. The van der Waals surface area contributed by atoms with Crippen molar-refractivity contribution in [2.45, 2.75) is 19.8 Å². The molecule has 4 rings (SSSR count). The lowest BCUT2D eigenvalue weighted by atomic mass is 9.99. The van der Waals surface area contributed by atoms with Gasteiger partial charge in [-0.25, -0.2) is 9.97 Å². The summed E-state index contributed by atoms with van der Waals surface area (Å²) in [4.78, 5) is 20.4. The fraction of sp³-hybridized carbons (Fsp3) is 0.143. The van der Waals surface area contributed by atoms with Crippen LogP contribution < -0.4 is 5.32 Å². The number of fused-ring (bicyclic) bond motifs is 1. The van der Waals surface area contributed by atoms with Gasteiger partial charge in [0.2, 0.25) is 0 Å². The number of aromatic nitrogens is 2. The van der Waals surface area contributed by atoms with Crippen LogP contribution in [0.4, 0.5) is 17.2 Å². The van der Waals surface area contributed by atoms with Crippen molar-refractivity contribution in [3.63, 3.8) is 0 Å². The van der Waals surface area contributed by atoms with Crippen molar-refractivity contribution in [3.05, 3.63) is 74.3 Å². The zero-order valence-electron chi connectivity index (χ0n) is 15.7. The molecule has 146 valence electrons. The van der Waals surface area contributed by atoms with E-state index in [1.54, 1.807) is 17.4 Å². The van der Waals surface area contributed by atoms with Crippen molar-refractivity contribution >= 4 is 54.7 Å². The van der Waals surface area contributed by atoms with Crippen molar-refractivity contribution in [2.24, 2.45) is 0 Å². The zero-order chi connectivity index (χ0) is 20.5. The number of hydrogen-bond donors (Lipinski definition) is 1. The number of anilines is 2. The third kappa shape index (κ3) is 3.86. The molecule has 0 saturated heterocycles. The Labute approximate surface area is 179 Å². The lowest BCUT2D eigenvalue weighted by molar-refractivity contribution is -0.384. The van der Waals surface area contributed by atoms with E-state index in [1.807, 2.05) is 0 Å². The monoisotopic (exact) mass is 468 g/mol. The number of hydrogen-bond acceptors (Lipinski definition) is 6. The number of halogens is 1. The van der Waals surface area contributed by atoms with Crippen LogP contribution in [0.2, 0.25) is 0 Å². The summed E-state index contributed by atoms with van der Waals surface area (Å²) in [6, 6.07) is 13.1. The van der Waals surface area contributed by atoms with Crippen LogP contribution in [0.15, 0.2) is 58.6 Å². The Morgan fingerprint density at radius 3 is 2.59 bits per heavy atom. The highest BCUT2D eigenvalue weighted by Crippen LogP contribution is 2.39. The van der Waals surface area contributed by atoms with Gasteiger partial charge >= 0.3 is 0 Å². The second-order valence-corrected chi connectivity index (χ2v) is 8.59. The minimum Gasteiger partial charge on any atom is -0.338 e. The molecule has 0 saturated carbocycles. The highest BCUT2D eigenvalue weighted by Gasteiger charge is 2.16. The van der Waals surface area contributed by atoms with Gasteiger partial charge in [-0.15, -0.1) is 11.3 Å². The summed E-state index contributed by atoms with van der Waals surface area (Å²) in [6.07, 6.45) is 1.50. The Hall–Kier alpha value is -2.84. The SMILES string of the molecule is CC(C)c1ccc(-c2csc3ncnc(Nc4cc([N+](=O)[O-])ccc4Br)c23)cc1. The van der Waals surface area contributed by atoms with Gasteiger partial charge in [-0.2, -0.15) is 0 Å². The Morgan fingerprint density at radius 2 is 1.90 bits per heavy atom. The molecular formula is C21H17BrN4O2S. The molecule has 0 aliphatic carbocycles. The summed E-state index contributed by atoms with van der Waals surface area (Å²) in [5.41, 5.74) is 3.98. The second-order valence-electron chi connectivity index (χ2n) is 6.87. The Bertz CT molecular complexity index is 1210. The number of thiophene rings is 1. The standard InChI is InChI=1S/C21H17BrN4O2S/c1-12(2)13-3-5-14(6-4-13)16-10-29-21-19(16)20(23-11-24-21)25-18-9-15(26(27)28)7-8-17(18)22/h3-12H,1-2H3,(H,23,24,25). The van der Waals surface area contributed by atoms with Crippen molar-refractivity contribution in [1.29, 1.82) is 0 Å². The second kappa shape index (κ2) is 7.88. The Morgan fingerprint density at radius 1 is 1.14 bits per heavy atom. The number of rotatable bonds is 5. The van der Waals surface area contributed by atoms with Gasteiger partial charge in [0.25, 0.3) is 5.69 Å². The molecule has 0 unspecified atom stereocenters. The smallest absolute Gasteiger partial charge is 0.271 e. The van der Waals surface area contributed by atoms with E-state index in [0.29, 0.717) is 21.9 Å². The summed E-state index contributed by atoms with van der Waals surface area (Å²) in [6.45, 7) is 4.34. The lowest BCUT2D eigenvalue weighted by Crippen LogP contribution is -1.98. The van der Waals surface area contributed by atoms with Gasteiger partial charge in [0.05, 0.1) is 16.0 Å². The van der Waals surface area contributed by atoms with Crippen molar-refractivity contribution in [2.75, 3.05) is 5.32 Å². The number of benzene rings is 2. The maximum atomic E-state index is 11.1. The van der Waals surface area contributed by atoms with Crippen molar-refractivity contribution < 1.29 is 4.92 Å². The summed E-state index contributed by atoms with van der Waals surface area (Å²) in [7, 11) is 0. The van der Waals surface area contributed by atoms with E-state index in [9.17, 15) is 10.1 Å². The maximum Gasteiger partial charge on any atom is 0.271 e. The highest BCUT2D eigenvalue weighted by molar-refractivity contribution is 9.10. The van der Waals surface area contributed by atoms with Gasteiger partial charge in [0.15, 0.2) is 0 Å². The lowest BCUT2D eigenvalue weighted by Gasteiger charge is -2.11. The molecule has 0 aliphatic heterocycles. The molecule has 0 bridgehead atoms. The zero-order valence-corrected chi connectivity index (χ0v) is 18.1. The van der Waals surface area contributed by atoms with Crippen LogP contribution in [0, 0.1) is 10.1 Å². The van der Waals surface area contributed by atoms with Crippen LogP contribution in [0.25, 0.3) is 21.3 Å². The van der Waals surface area contributed by atoms with Gasteiger partial charge in [0, 0.05) is 27.5 Å². The van der Waals surface area contributed by atoms with Gasteiger partial charge < -0.3 is 5.32 Å². The average Bonchev–Trinajstić information content (AvgIpc) is 3.14. The Kier molecular flexibility index (Phi) is 5.29. The molecule has 8 heteroatoms. The van der Waals surface area contributed by atoms with E-state index in [0.717, 1.165) is 21.3 Å². The van der Waals surface area contributed by atoms with E-state index in [1.165, 1.54) is 24.0 Å². The van der Waals surface area contributed by atoms with E-state index in [4.69, 9.17) is 0 Å². The van der Waals surface area contributed by atoms with E-state index in [-0.39, 0.29) is 5.69 Å². The molecule has 0 amide bonds. The predicted molar refractivity (Wildman–Crippen MR) is 121 cm³/mol. The van der Waals surface area contributed by atoms with Crippen LogP contribution >= 0.6 is 27.3 Å². The van der Waals surface area contributed by atoms with E-state index < -0.39 is 4.92 Å². The van der Waals surface area contributed by atoms with Crippen molar-refractivity contribution in [1.82, 2.24) is 9.97 Å². The minimum atomic E-state index is -0.417. The fourth-order valence-electron chi connectivity index (χ4n) is 3.08. The first-order valence-electron chi connectivity index (χ1n) is 8.97. The van der Waals surface area contributed by atoms with Gasteiger partial charge in [-0.1, -0.05) is 38.1 Å². The number of nitro benzene ring substituents is 1. The summed E-state index contributed by atoms with van der Waals surface area (Å²) in [5.74, 6) is 1.08. The third-order valence-corrected chi connectivity index (χ3v) is 6.25. The quantitative estimate of drug-likeness (QED) is 0.254. The molecule has 0 spiro atoms. The number of non-ortho nitro benzene ring substituents is 1. The first kappa shape index (κ1) is 19.5. The molecule has 2 heterocycles. The summed E-state index contributed by atoms with van der Waals surface area (Å²) < 4.78 is 0.716. The third-order valence-electron chi connectivity index (χ3n) is 4.67. The van der Waals surface area contributed by atoms with Crippen LogP contribution in [0.5, 0.6) is 0 Å². The molecule has 0 aliphatic rings. The number of nitro groups is 1. The van der Waals surface area contributed by atoms with Gasteiger partial charge in [0.1, 0.15) is 17.0 Å². The highest BCUT2D eigenvalue weighted by atomic mass is 79.9. The van der Waals surface area contributed by atoms with E-state index >= 15 is 0 Å². The predicted octanol–water partition coefficient (Wildman–Crippen LogP) is 6.90. The maximum absolute atomic E-state index is 11.1. The number of nitrogens with one attached hydrogen (secondary N) is 1. The molecule has 0 radical (unpaired) electrons. The first-order chi connectivity index (χ1) is 13.9. The molecule has 0 atom stereocenters. The van der Waals surface area contributed by atoms with Gasteiger partial charge in [-0.05, 0) is 39.0 Å². The topological polar surface area (TPSA) is 81.0 Å².